The van der Waals surface area contributed by atoms with E-state index in [0.717, 1.165) is 21.9 Å². The molecule has 0 N–H and O–H groups in total. The zero-order valence-corrected chi connectivity index (χ0v) is 9.94. The summed E-state index contributed by atoms with van der Waals surface area (Å²) < 4.78 is 10.6. The lowest BCUT2D eigenvalue weighted by Crippen LogP contribution is -1.98. The second-order valence-corrected chi connectivity index (χ2v) is 4.31. The molecule has 90 valence electrons. The van der Waals surface area contributed by atoms with Gasteiger partial charge in [0.2, 0.25) is 0 Å². The van der Waals surface area contributed by atoms with E-state index in [1.54, 1.807) is 6.07 Å². The zero-order chi connectivity index (χ0) is 12.9. The molecule has 0 fully saturated rings. The third-order valence-corrected chi connectivity index (χ3v) is 3.08. The summed E-state index contributed by atoms with van der Waals surface area (Å²) in [6, 6.07) is 5.00. The molecule has 0 saturated carbocycles. The van der Waals surface area contributed by atoms with Gasteiger partial charge >= 0.3 is 5.63 Å². The Hall–Kier alpha value is -2.36. The number of hydrogen-bond acceptors (Lipinski definition) is 4. The van der Waals surface area contributed by atoms with Crippen LogP contribution < -0.4 is 5.63 Å². The van der Waals surface area contributed by atoms with Gasteiger partial charge in [-0.3, -0.25) is 4.79 Å². The van der Waals surface area contributed by atoms with Gasteiger partial charge in [0.1, 0.15) is 11.2 Å². The van der Waals surface area contributed by atoms with Gasteiger partial charge < -0.3 is 8.83 Å². The second kappa shape index (κ2) is 3.57. The molecule has 18 heavy (non-hydrogen) atoms. The van der Waals surface area contributed by atoms with Crippen LogP contribution in [0.5, 0.6) is 0 Å². The number of hydrogen-bond donors (Lipinski definition) is 0. The predicted octanol–water partition coefficient (Wildman–Crippen LogP) is 2.97. The van der Waals surface area contributed by atoms with E-state index in [4.69, 9.17) is 8.83 Å². The van der Waals surface area contributed by atoms with Crippen LogP contribution in [0, 0.1) is 13.8 Å². The minimum absolute atomic E-state index is 0.267. The second-order valence-electron chi connectivity index (χ2n) is 4.31. The van der Waals surface area contributed by atoms with Gasteiger partial charge in [-0.25, -0.2) is 4.79 Å². The molecule has 0 radical (unpaired) electrons. The van der Waals surface area contributed by atoms with Gasteiger partial charge in [-0.15, -0.1) is 0 Å². The van der Waals surface area contributed by atoms with Crippen molar-refractivity contribution < 1.29 is 13.6 Å². The van der Waals surface area contributed by atoms with Crippen molar-refractivity contribution in [3.63, 3.8) is 0 Å². The predicted molar refractivity (Wildman–Crippen MR) is 67.1 cm³/mol. The maximum Gasteiger partial charge on any atom is 0.336 e. The molecule has 0 aliphatic carbocycles. The normalized spacial score (nSPS) is 11.2. The standard InChI is InChI=1S/C14H10O4/c1-7-3-12(16)18-14-8(2)13-9(5-11(7)14)4-10(6-15)17-13/h3-6H,1-2H3. The lowest BCUT2D eigenvalue weighted by Gasteiger charge is -2.03. The monoisotopic (exact) mass is 242 g/mol. The molecule has 0 atom stereocenters. The van der Waals surface area contributed by atoms with Crippen molar-refractivity contribution in [2.24, 2.45) is 0 Å². The van der Waals surface area contributed by atoms with Crippen molar-refractivity contribution in [3.8, 4) is 0 Å². The van der Waals surface area contributed by atoms with Crippen molar-refractivity contribution in [1.82, 2.24) is 0 Å². The molecule has 0 unspecified atom stereocenters. The van der Waals surface area contributed by atoms with Crippen LogP contribution in [0.3, 0.4) is 0 Å². The first-order valence-electron chi connectivity index (χ1n) is 5.53. The van der Waals surface area contributed by atoms with Crippen LogP contribution in [0.25, 0.3) is 21.9 Å². The van der Waals surface area contributed by atoms with Gasteiger partial charge in [0, 0.05) is 22.4 Å². The first-order chi connectivity index (χ1) is 8.60. The number of rotatable bonds is 1. The molecule has 2 aromatic heterocycles. The molecule has 0 aliphatic rings. The van der Waals surface area contributed by atoms with Gasteiger partial charge in [-0.1, -0.05) is 0 Å². The molecule has 4 heteroatoms. The zero-order valence-electron chi connectivity index (χ0n) is 9.94. The van der Waals surface area contributed by atoms with Crippen LogP contribution in [0.2, 0.25) is 0 Å². The van der Waals surface area contributed by atoms with Crippen molar-refractivity contribution in [1.29, 1.82) is 0 Å². The summed E-state index contributed by atoms with van der Waals surface area (Å²) in [6.07, 6.45) is 0.660. The van der Waals surface area contributed by atoms with Crippen molar-refractivity contribution in [2.75, 3.05) is 0 Å². The Kier molecular flexibility index (Phi) is 2.13. The maximum atomic E-state index is 11.4. The van der Waals surface area contributed by atoms with Crippen LogP contribution in [0.15, 0.2) is 31.8 Å². The van der Waals surface area contributed by atoms with Gasteiger partial charge in [0.15, 0.2) is 12.0 Å². The highest BCUT2D eigenvalue weighted by molar-refractivity contribution is 5.99. The van der Waals surface area contributed by atoms with E-state index in [-0.39, 0.29) is 11.4 Å². The first kappa shape index (κ1) is 10.8. The minimum Gasteiger partial charge on any atom is -0.453 e. The SMILES string of the molecule is Cc1cc(=O)oc2c(C)c3oc(C=O)cc3cc12. The Bertz CT molecular complexity index is 836. The van der Waals surface area contributed by atoms with Gasteiger partial charge in [0.25, 0.3) is 0 Å². The fraction of sp³-hybridized carbons (Fsp3) is 0.143. The van der Waals surface area contributed by atoms with Crippen LogP contribution >= 0.6 is 0 Å². The van der Waals surface area contributed by atoms with E-state index in [9.17, 15) is 9.59 Å². The Labute approximate surface area is 102 Å². The number of aryl methyl sites for hydroxylation is 2. The fourth-order valence-electron chi connectivity index (χ4n) is 2.22. The van der Waals surface area contributed by atoms with Gasteiger partial charge in [-0.2, -0.15) is 0 Å². The number of furan rings is 1. The van der Waals surface area contributed by atoms with Crippen molar-refractivity contribution >= 4 is 28.2 Å². The van der Waals surface area contributed by atoms with E-state index in [0.29, 0.717) is 17.5 Å². The first-order valence-corrected chi connectivity index (χ1v) is 5.53. The summed E-state index contributed by atoms with van der Waals surface area (Å²) >= 11 is 0. The Morgan fingerprint density at radius 2 is 1.83 bits per heavy atom. The average molecular weight is 242 g/mol. The van der Waals surface area contributed by atoms with Crippen molar-refractivity contribution in [3.05, 3.63) is 45.5 Å². The summed E-state index contributed by atoms with van der Waals surface area (Å²) in [5.41, 5.74) is 2.29. The molecule has 3 aromatic rings. The molecule has 1 aromatic carbocycles. The largest absolute Gasteiger partial charge is 0.453 e. The molecule has 4 nitrogen and oxygen atoms in total. The summed E-state index contributed by atoms with van der Waals surface area (Å²) in [5, 5.41) is 1.69. The van der Waals surface area contributed by atoms with Crippen molar-refractivity contribution in [2.45, 2.75) is 13.8 Å². The quantitative estimate of drug-likeness (QED) is 0.486. The van der Waals surface area contributed by atoms with Gasteiger partial charge in [-0.05, 0) is 31.5 Å². The van der Waals surface area contributed by atoms with Crippen LogP contribution in [-0.4, -0.2) is 6.29 Å². The molecule has 0 aliphatic heterocycles. The van der Waals surface area contributed by atoms with E-state index in [1.807, 2.05) is 19.9 Å². The van der Waals surface area contributed by atoms with Gasteiger partial charge in [0.05, 0.1) is 0 Å². The van der Waals surface area contributed by atoms with Crippen LogP contribution in [-0.2, 0) is 0 Å². The molecular formula is C14H10O4. The fourth-order valence-corrected chi connectivity index (χ4v) is 2.22. The topological polar surface area (TPSA) is 60.4 Å². The highest BCUT2D eigenvalue weighted by Crippen LogP contribution is 2.30. The minimum atomic E-state index is -0.385. The van der Waals surface area contributed by atoms with E-state index < -0.39 is 0 Å². The summed E-state index contributed by atoms with van der Waals surface area (Å²) in [7, 11) is 0. The molecule has 0 amide bonds. The van der Waals surface area contributed by atoms with Crippen LogP contribution in [0.4, 0.5) is 0 Å². The van der Waals surface area contributed by atoms with E-state index in [2.05, 4.69) is 0 Å². The summed E-state index contributed by atoms with van der Waals surface area (Å²) in [6.45, 7) is 3.66. The molecule has 0 spiro atoms. The van der Waals surface area contributed by atoms with Crippen LogP contribution in [0.1, 0.15) is 21.7 Å². The number of carbonyl (C=O) groups excluding carboxylic acids is 1. The molecule has 3 rings (SSSR count). The third-order valence-electron chi connectivity index (χ3n) is 3.08. The summed E-state index contributed by atoms with van der Waals surface area (Å²) in [4.78, 5) is 22.1. The molecule has 2 heterocycles. The molecule has 0 bridgehead atoms. The van der Waals surface area contributed by atoms with E-state index >= 15 is 0 Å². The maximum absolute atomic E-state index is 11.4. The molecular weight excluding hydrogens is 232 g/mol. The Morgan fingerprint density at radius 3 is 2.56 bits per heavy atom. The third kappa shape index (κ3) is 1.39. The Balaban J connectivity index is 2.57. The number of benzene rings is 1. The number of carbonyl (C=O) groups is 1. The smallest absolute Gasteiger partial charge is 0.336 e. The average Bonchev–Trinajstić information content (AvgIpc) is 2.74. The lowest BCUT2D eigenvalue weighted by atomic mass is 10.1. The van der Waals surface area contributed by atoms with E-state index in [1.165, 1.54) is 6.07 Å². The molecule has 0 saturated heterocycles. The highest BCUT2D eigenvalue weighted by atomic mass is 16.4. The highest BCUT2D eigenvalue weighted by Gasteiger charge is 2.13. The lowest BCUT2D eigenvalue weighted by molar-refractivity contribution is 0.110. The number of fused-ring (bicyclic) bond motifs is 2. The number of aldehydes is 1. The Morgan fingerprint density at radius 1 is 1.06 bits per heavy atom. The summed E-state index contributed by atoms with van der Waals surface area (Å²) in [5.74, 6) is 0.267.